The molecule has 0 aromatic carbocycles. The summed E-state index contributed by atoms with van der Waals surface area (Å²) < 4.78 is 5.74. The van der Waals surface area contributed by atoms with E-state index in [1.807, 2.05) is 20.8 Å². The van der Waals surface area contributed by atoms with Crippen molar-refractivity contribution in [3.63, 3.8) is 0 Å². The second-order valence-corrected chi connectivity index (χ2v) is 3.49. The van der Waals surface area contributed by atoms with Crippen molar-refractivity contribution in [2.24, 2.45) is 0 Å². The molecule has 66 valence electrons. The molecule has 0 unspecified atom stereocenters. The van der Waals surface area contributed by atoms with Crippen molar-refractivity contribution in [3.05, 3.63) is 0 Å². The van der Waals surface area contributed by atoms with Gasteiger partial charge in [-0.25, -0.2) is 9.21 Å². The Bertz CT molecular complexity index is 142. The Hall–Kier alpha value is -0.440. The number of rotatable bonds is 1. The van der Waals surface area contributed by atoms with Crippen molar-refractivity contribution in [1.82, 2.24) is 4.42 Å². The zero-order chi connectivity index (χ0) is 9.07. The van der Waals surface area contributed by atoms with E-state index in [0.29, 0.717) is 6.61 Å². The monoisotopic (exact) mass is 179 g/mol. The van der Waals surface area contributed by atoms with Crippen LogP contribution in [0, 0.1) is 0 Å². The van der Waals surface area contributed by atoms with E-state index >= 15 is 0 Å². The summed E-state index contributed by atoms with van der Waals surface area (Å²) in [5.41, 5.74) is -0.395. The van der Waals surface area contributed by atoms with Crippen LogP contribution in [-0.4, -0.2) is 22.7 Å². The molecular formula is C7H14ClNO2. The first-order valence-electron chi connectivity index (χ1n) is 3.52. The van der Waals surface area contributed by atoms with Crippen LogP contribution < -0.4 is 0 Å². The molecule has 0 aliphatic rings. The zero-order valence-electron chi connectivity index (χ0n) is 7.35. The maximum Gasteiger partial charge on any atom is 0.424 e. The van der Waals surface area contributed by atoms with E-state index in [4.69, 9.17) is 11.8 Å². The smallest absolute Gasteiger partial charge is 0.424 e. The molecule has 4 heteroatoms. The van der Waals surface area contributed by atoms with Crippen LogP contribution in [0.3, 0.4) is 0 Å². The molecule has 3 nitrogen and oxygen atoms in total. The highest BCUT2D eigenvalue weighted by molar-refractivity contribution is 6.20. The first-order valence-corrected chi connectivity index (χ1v) is 3.86. The minimum absolute atomic E-state index is 0.345. The molecule has 0 heterocycles. The number of halogens is 1. The summed E-state index contributed by atoms with van der Waals surface area (Å²) >= 11 is 5.64. The van der Waals surface area contributed by atoms with Gasteiger partial charge in [0.25, 0.3) is 0 Å². The Morgan fingerprint density at radius 2 is 2.00 bits per heavy atom. The van der Waals surface area contributed by atoms with Gasteiger partial charge in [-0.3, -0.25) is 0 Å². The summed E-state index contributed by atoms with van der Waals surface area (Å²) in [4.78, 5) is 11.0. The van der Waals surface area contributed by atoms with Crippen molar-refractivity contribution in [3.8, 4) is 0 Å². The Kier molecular flexibility index (Phi) is 3.66. The van der Waals surface area contributed by atoms with Crippen LogP contribution in [0.15, 0.2) is 0 Å². The predicted molar refractivity (Wildman–Crippen MR) is 44.5 cm³/mol. The van der Waals surface area contributed by atoms with Crippen LogP contribution in [0.4, 0.5) is 4.79 Å². The lowest BCUT2D eigenvalue weighted by Crippen LogP contribution is -2.38. The molecule has 0 rings (SSSR count). The van der Waals surface area contributed by atoms with Gasteiger partial charge in [0.15, 0.2) is 0 Å². The molecule has 0 N–H and O–H groups in total. The normalized spacial score (nSPS) is 11.0. The summed E-state index contributed by atoms with van der Waals surface area (Å²) in [5.74, 6) is 0. The van der Waals surface area contributed by atoms with Crippen LogP contribution in [0.5, 0.6) is 0 Å². The Morgan fingerprint density at radius 1 is 1.55 bits per heavy atom. The third-order valence-electron chi connectivity index (χ3n) is 1.02. The van der Waals surface area contributed by atoms with Gasteiger partial charge in [0.2, 0.25) is 0 Å². The minimum Gasteiger partial charge on any atom is -0.449 e. The standard InChI is InChI=1S/C7H14ClNO2/c1-5-11-6(10)9(8)7(2,3)4/h5H2,1-4H3. The summed E-state index contributed by atoms with van der Waals surface area (Å²) in [5, 5.41) is 0. The molecule has 1 amide bonds. The molecule has 0 atom stereocenters. The second kappa shape index (κ2) is 3.81. The molecule has 0 spiro atoms. The predicted octanol–water partition coefficient (Wildman–Crippen LogP) is 2.40. The van der Waals surface area contributed by atoms with E-state index in [1.165, 1.54) is 0 Å². The Labute approximate surface area is 72.4 Å². The van der Waals surface area contributed by atoms with Crippen molar-refractivity contribution in [2.75, 3.05) is 6.61 Å². The van der Waals surface area contributed by atoms with Gasteiger partial charge in [0, 0.05) is 11.8 Å². The molecule has 0 saturated heterocycles. The first-order chi connectivity index (χ1) is 4.89. The molecule has 0 aliphatic carbocycles. The highest BCUT2D eigenvalue weighted by Gasteiger charge is 2.25. The fourth-order valence-corrected chi connectivity index (χ4v) is 0.503. The van der Waals surface area contributed by atoms with E-state index < -0.39 is 11.6 Å². The van der Waals surface area contributed by atoms with Crippen LogP contribution in [0.1, 0.15) is 27.7 Å². The third kappa shape index (κ3) is 3.46. The number of ether oxygens (including phenoxy) is 1. The number of amides is 1. The average Bonchev–Trinajstić information content (AvgIpc) is 1.85. The number of carbonyl (C=O) groups is 1. The molecule has 0 saturated carbocycles. The second-order valence-electron chi connectivity index (χ2n) is 3.15. The fraction of sp³-hybridized carbons (Fsp3) is 0.857. The maximum absolute atomic E-state index is 11.0. The summed E-state index contributed by atoms with van der Waals surface area (Å²) in [6.45, 7) is 7.58. The van der Waals surface area contributed by atoms with Gasteiger partial charge >= 0.3 is 6.09 Å². The molecule has 0 fully saturated rings. The van der Waals surface area contributed by atoms with E-state index in [9.17, 15) is 4.79 Å². The molecule has 11 heavy (non-hydrogen) atoms. The van der Waals surface area contributed by atoms with E-state index in [0.717, 1.165) is 4.42 Å². The summed E-state index contributed by atoms with van der Waals surface area (Å²) in [6.07, 6.45) is -0.498. The van der Waals surface area contributed by atoms with Gasteiger partial charge in [-0.05, 0) is 27.7 Å². The lowest BCUT2D eigenvalue weighted by atomic mass is 10.1. The zero-order valence-corrected chi connectivity index (χ0v) is 8.10. The minimum atomic E-state index is -0.498. The number of hydrogen-bond donors (Lipinski definition) is 0. The largest absolute Gasteiger partial charge is 0.449 e. The van der Waals surface area contributed by atoms with Gasteiger partial charge in [-0.1, -0.05) is 0 Å². The Balaban J connectivity index is 4.03. The average molecular weight is 180 g/mol. The molecule has 0 aromatic heterocycles. The van der Waals surface area contributed by atoms with Gasteiger partial charge in [0.1, 0.15) is 0 Å². The number of carbonyl (C=O) groups excluding carboxylic acids is 1. The molecule has 0 aliphatic heterocycles. The SMILES string of the molecule is CCOC(=O)N(Cl)C(C)(C)C. The lowest BCUT2D eigenvalue weighted by Gasteiger charge is -2.27. The van der Waals surface area contributed by atoms with E-state index in [-0.39, 0.29) is 0 Å². The highest BCUT2D eigenvalue weighted by Crippen LogP contribution is 2.16. The van der Waals surface area contributed by atoms with Crippen LogP contribution in [-0.2, 0) is 4.74 Å². The van der Waals surface area contributed by atoms with Crippen molar-refractivity contribution < 1.29 is 9.53 Å². The molecule has 0 aromatic rings. The first kappa shape index (κ1) is 10.6. The Morgan fingerprint density at radius 3 is 2.27 bits per heavy atom. The maximum atomic E-state index is 11.0. The van der Waals surface area contributed by atoms with Crippen LogP contribution in [0.2, 0.25) is 0 Å². The van der Waals surface area contributed by atoms with Crippen LogP contribution in [0.25, 0.3) is 0 Å². The van der Waals surface area contributed by atoms with Gasteiger partial charge in [0.05, 0.1) is 12.1 Å². The van der Waals surface area contributed by atoms with Crippen molar-refractivity contribution in [2.45, 2.75) is 33.2 Å². The van der Waals surface area contributed by atoms with E-state index in [2.05, 4.69) is 4.74 Å². The van der Waals surface area contributed by atoms with Gasteiger partial charge in [-0.2, -0.15) is 0 Å². The topological polar surface area (TPSA) is 29.5 Å². The number of hydrogen-bond acceptors (Lipinski definition) is 2. The summed E-state index contributed by atoms with van der Waals surface area (Å²) in [6, 6.07) is 0. The molecule has 0 bridgehead atoms. The molecular weight excluding hydrogens is 166 g/mol. The van der Waals surface area contributed by atoms with Gasteiger partial charge in [-0.15, -0.1) is 0 Å². The highest BCUT2D eigenvalue weighted by atomic mass is 35.5. The summed E-state index contributed by atoms with van der Waals surface area (Å²) in [7, 11) is 0. The van der Waals surface area contributed by atoms with Gasteiger partial charge < -0.3 is 4.74 Å². The van der Waals surface area contributed by atoms with E-state index in [1.54, 1.807) is 6.92 Å². The van der Waals surface area contributed by atoms with Crippen molar-refractivity contribution in [1.29, 1.82) is 0 Å². The quantitative estimate of drug-likeness (QED) is 0.579. The fourth-order valence-electron chi connectivity index (χ4n) is 0.454. The molecule has 0 radical (unpaired) electrons. The lowest BCUT2D eigenvalue weighted by molar-refractivity contribution is 0.111. The third-order valence-corrected chi connectivity index (χ3v) is 1.66. The van der Waals surface area contributed by atoms with Crippen molar-refractivity contribution >= 4 is 17.9 Å². The van der Waals surface area contributed by atoms with Crippen LogP contribution >= 0.6 is 11.8 Å². The number of nitrogens with zero attached hydrogens (tertiary/aromatic N) is 1.